The average molecular weight is 529 g/mol. The fourth-order valence-electron chi connectivity index (χ4n) is 8.66. The molecule has 4 aliphatic heterocycles. The minimum absolute atomic E-state index is 0.00775. The van der Waals surface area contributed by atoms with Crippen LogP contribution in [0.5, 0.6) is 0 Å². The molecule has 37 heavy (non-hydrogen) atoms. The second kappa shape index (κ2) is 10.2. The number of halogens is 3. The van der Waals surface area contributed by atoms with Crippen molar-refractivity contribution >= 4 is 5.91 Å². The maximum absolute atomic E-state index is 14.3. The first-order valence-electron chi connectivity index (χ1n) is 14.5. The van der Waals surface area contributed by atoms with Gasteiger partial charge in [0, 0.05) is 37.1 Å². The van der Waals surface area contributed by atoms with Gasteiger partial charge in [-0.1, -0.05) is 6.42 Å². The number of ether oxygens (including phenoxy) is 2. The van der Waals surface area contributed by atoms with Gasteiger partial charge in [0.2, 0.25) is 5.91 Å². The molecule has 0 aromatic carbocycles. The second-order valence-corrected chi connectivity index (χ2v) is 12.9. The number of nitrogens with zero attached hydrogens (tertiary/aromatic N) is 2. The Morgan fingerprint density at radius 1 is 1.05 bits per heavy atom. The molecule has 0 bridgehead atoms. The van der Waals surface area contributed by atoms with Crippen molar-refractivity contribution in [2.75, 3.05) is 46.7 Å². The Balaban J connectivity index is 1.17. The number of rotatable bonds is 5. The number of amides is 1. The Hall–Kier alpha value is -0.940. The number of carbonyl (C=O) groups is 1. The van der Waals surface area contributed by atoms with Crippen molar-refractivity contribution in [1.29, 1.82) is 0 Å². The normalized spacial score (nSPS) is 43.0. The number of nitrogens with one attached hydrogen (secondary N) is 2. The standard InChI is InChI=1S/C27H43F3N4O3/c1-33-16-31-32-24(33)11-26(14-37-15-26)19-5-2-6-20(10-19)34-12-22-21(25(34)35)8-18(9-23(22)27(28,29)30)17-4-3-7-36-13-17/h17-24,31-32H,2-16H2,1H3. The molecule has 2 aliphatic carbocycles. The Morgan fingerprint density at radius 3 is 2.54 bits per heavy atom. The van der Waals surface area contributed by atoms with Crippen LogP contribution in [0.15, 0.2) is 0 Å². The molecule has 210 valence electrons. The summed E-state index contributed by atoms with van der Waals surface area (Å²) in [5.74, 6) is -1.97. The number of fused-ring (bicyclic) bond motifs is 1. The van der Waals surface area contributed by atoms with Crippen molar-refractivity contribution in [3.8, 4) is 0 Å². The average Bonchev–Trinajstić information content (AvgIpc) is 3.43. The summed E-state index contributed by atoms with van der Waals surface area (Å²) in [6.07, 6.45) is 3.45. The Kier molecular flexibility index (Phi) is 7.27. The van der Waals surface area contributed by atoms with E-state index in [9.17, 15) is 18.0 Å². The van der Waals surface area contributed by atoms with Crippen molar-refractivity contribution in [3.63, 3.8) is 0 Å². The van der Waals surface area contributed by atoms with Crippen molar-refractivity contribution in [3.05, 3.63) is 0 Å². The topological polar surface area (TPSA) is 66.1 Å². The summed E-state index contributed by atoms with van der Waals surface area (Å²) >= 11 is 0. The lowest BCUT2D eigenvalue weighted by molar-refractivity contribution is -0.207. The van der Waals surface area contributed by atoms with Gasteiger partial charge in [0.1, 0.15) is 0 Å². The van der Waals surface area contributed by atoms with Crippen molar-refractivity contribution in [2.45, 2.75) is 76.2 Å². The van der Waals surface area contributed by atoms with E-state index in [1.54, 1.807) is 0 Å². The zero-order valence-electron chi connectivity index (χ0n) is 22.0. The highest BCUT2D eigenvalue weighted by atomic mass is 19.4. The smallest absolute Gasteiger partial charge is 0.381 e. The van der Waals surface area contributed by atoms with E-state index in [-0.39, 0.29) is 48.3 Å². The Bertz CT molecular complexity index is 834. The molecule has 6 rings (SSSR count). The van der Waals surface area contributed by atoms with Gasteiger partial charge in [0.15, 0.2) is 0 Å². The molecule has 4 saturated heterocycles. The molecule has 2 N–H and O–H groups in total. The molecule has 4 heterocycles. The lowest BCUT2D eigenvalue weighted by Crippen LogP contribution is -2.56. The van der Waals surface area contributed by atoms with E-state index >= 15 is 0 Å². The van der Waals surface area contributed by atoms with Crippen LogP contribution in [0.3, 0.4) is 0 Å². The minimum atomic E-state index is -4.26. The van der Waals surface area contributed by atoms with E-state index in [0.29, 0.717) is 25.6 Å². The quantitative estimate of drug-likeness (QED) is 0.571. The Labute approximate surface area is 218 Å². The summed E-state index contributed by atoms with van der Waals surface area (Å²) in [7, 11) is 2.10. The van der Waals surface area contributed by atoms with Crippen LogP contribution in [-0.2, 0) is 14.3 Å². The predicted octanol–water partition coefficient (Wildman–Crippen LogP) is 3.36. The largest absolute Gasteiger partial charge is 0.392 e. The second-order valence-electron chi connectivity index (χ2n) is 12.9. The van der Waals surface area contributed by atoms with Crippen LogP contribution < -0.4 is 10.9 Å². The fourth-order valence-corrected chi connectivity index (χ4v) is 8.66. The van der Waals surface area contributed by atoms with Crippen LogP contribution in [0.1, 0.15) is 57.8 Å². The van der Waals surface area contributed by atoms with Crippen LogP contribution in [0.4, 0.5) is 13.2 Å². The van der Waals surface area contributed by atoms with E-state index in [0.717, 1.165) is 64.8 Å². The molecule has 7 nitrogen and oxygen atoms in total. The number of likely N-dealkylation sites (tertiary alicyclic amines) is 1. The third-order valence-corrected chi connectivity index (χ3v) is 10.9. The molecule has 0 radical (unpaired) electrons. The van der Waals surface area contributed by atoms with Crippen molar-refractivity contribution in [2.24, 2.45) is 40.9 Å². The van der Waals surface area contributed by atoms with Gasteiger partial charge in [-0.15, -0.1) is 0 Å². The van der Waals surface area contributed by atoms with Gasteiger partial charge in [-0.25, -0.2) is 10.9 Å². The zero-order valence-corrected chi connectivity index (χ0v) is 22.0. The van der Waals surface area contributed by atoms with Gasteiger partial charge in [-0.05, 0) is 82.1 Å². The lowest BCUT2D eigenvalue weighted by atomic mass is 9.64. The molecule has 10 heteroatoms. The fraction of sp³-hybridized carbons (Fsp3) is 0.963. The van der Waals surface area contributed by atoms with E-state index < -0.39 is 23.9 Å². The maximum Gasteiger partial charge on any atom is 0.392 e. The van der Waals surface area contributed by atoms with Crippen LogP contribution in [-0.4, -0.2) is 80.8 Å². The van der Waals surface area contributed by atoms with Gasteiger partial charge in [0.25, 0.3) is 0 Å². The highest BCUT2D eigenvalue weighted by Crippen LogP contribution is 2.54. The summed E-state index contributed by atoms with van der Waals surface area (Å²) in [6, 6.07) is 0.0482. The highest BCUT2D eigenvalue weighted by molar-refractivity contribution is 5.82. The summed E-state index contributed by atoms with van der Waals surface area (Å²) in [5, 5.41) is 0. The summed E-state index contributed by atoms with van der Waals surface area (Å²) in [5.41, 5.74) is 6.65. The van der Waals surface area contributed by atoms with E-state index in [2.05, 4.69) is 22.8 Å². The first-order valence-corrected chi connectivity index (χ1v) is 14.5. The monoisotopic (exact) mass is 528 g/mol. The Morgan fingerprint density at radius 2 is 1.89 bits per heavy atom. The van der Waals surface area contributed by atoms with Crippen LogP contribution in [0, 0.1) is 40.9 Å². The number of hydrogen-bond donors (Lipinski definition) is 2. The van der Waals surface area contributed by atoms with Gasteiger partial charge < -0.3 is 14.4 Å². The third-order valence-electron chi connectivity index (χ3n) is 10.9. The first-order chi connectivity index (χ1) is 17.7. The van der Waals surface area contributed by atoms with Crippen LogP contribution in [0.25, 0.3) is 0 Å². The summed E-state index contributed by atoms with van der Waals surface area (Å²) in [4.78, 5) is 17.9. The van der Waals surface area contributed by atoms with E-state index in [1.807, 2.05) is 4.90 Å². The molecule has 0 aromatic rings. The zero-order chi connectivity index (χ0) is 25.8. The molecule has 2 saturated carbocycles. The SMILES string of the molecule is CN1CNNC1CC1(C2CCCC(N3CC4C(CC(C5CCCOC5)CC4C(F)(F)F)C3=O)C2)COC1. The molecule has 6 aliphatic rings. The summed E-state index contributed by atoms with van der Waals surface area (Å²) in [6.45, 7) is 3.78. The van der Waals surface area contributed by atoms with Gasteiger partial charge in [0.05, 0.1) is 32.0 Å². The summed E-state index contributed by atoms with van der Waals surface area (Å²) < 4.78 is 54.3. The molecule has 8 atom stereocenters. The van der Waals surface area contributed by atoms with Crippen LogP contribution >= 0.6 is 0 Å². The van der Waals surface area contributed by atoms with E-state index in [4.69, 9.17) is 9.47 Å². The minimum Gasteiger partial charge on any atom is -0.381 e. The molecule has 0 spiro atoms. The third kappa shape index (κ3) is 4.94. The molecule has 8 unspecified atom stereocenters. The van der Waals surface area contributed by atoms with Gasteiger partial charge in [-0.3, -0.25) is 9.69 Å². The van der Waals surface area contributed by atoms with Gasteiger partial charge in [-0.2, -0.15) is 13.2 Å². The van der Waals surface area contributed by atoms with Crippen molar-refractivity contribution < 1.29 is 27.4 Å². The first kappa shape index (κ1) is 26.3. The molecular weight excluding hydrogens is 485 g/mol. The molecule has 1 amide bonds. The molecule has 0 aromatic heterocycles. The number of hydrogen-bond acceptors (Lipinski definition) is 6. The number of carbonyl (C=O) groups excluding carboxylic acids is 1. The lowest BCUT2D eigenvalue weighted by Gasteiger charge is -2.52. The number of alkyl halides is 3. The maximum atomic E-state index is 14.3. The van der Waals surface area contributed by atoms with E-state index in [1.165, 1.54) is 0 Å². The van der Waals surface area contributed by atoms with Gasteiger partial charge >= 0.3 is 6.18 Å². The van der Waals surface area contributed by atoms with Crippen molar-refractivity contribution in [1.82, 2.24) is 20.7 Å². The molecular formula is C27H43F3N4O3. The number of hydrazine groups is 1. The highest BCUT2D eigenvalue weighted by Gasteiger charge is 2.59. The van der Waals surface area contributed by atoms with Crippen LogP contribution in [0.2, 0.25) is 0 Å². The predicted molar refractivity (Wildman–Crippen MR) is 131 cm³/mol. The molecule has 6 fully saturated rings.